The Bertz CT molecular complexity index is 272. The van der Waals surface area contributed by atoms with Crippen molar-refractivity contribution in [2.45, 2.75) is 20.3 Å². The fourth-order valence-corrected chi connectivity index (χ4v) is 1.91. The summed E-state index contributed by atoms with van der Waals surface area (Å²) in [6, 6.07) is -0.206. The molecule has 106 valence electrons. The molecule has 0 heterocycles. The molecule has 0 aromatic rings. The minimum Gasteiger partial charge on any atom is -0.481 e. The number of carbonyl (C=O) groups excluding carboxylic acids is 1. The smallest absolute Gasteiger partial charge is 0.317 e. The van der Waals surface area contributed by atoms with Gasteiger partial charge in [-0.05, 0) is 24.3 Å². The number of hydrogen-bond acceptors (Lipinski definition) is 3. The van der Waals surface area contributed by atoms with E-state index in [0.29, 0.717) is 6.54 Å². The van der Waals surface area contributed by atoms with Crippen molar-refractivity contribution in [1.82, 2.24) is 10.2 Å². The van der Waals surface area contributed by atoms with Crippen LogP contribution in [0.3, 0.4) is 0 Å². The van der Waals surface area contributed by atoms with E-state index in [9.17, 15) is 9.59 Å². The first kappa shape index (κ1) is 17.1. The lowest BCUT2D eigenvalue weighted by Crippen LogP contribution is -2.42. The molecule has 2 N–H and O–H groups in total. The lowest BCUT2D eigenvalue weighted by Gasteiger charge is -2.21. The predicted octanol–water partition coefficient (Wildman–Crippen LogP) is 1.74. The third-order valence-electron chi connectivity index (χ3n) is 2.78. The van der Waals surface area contributed by atoms with Gasteiger partial charge in [0, 0.05) is 20.1 Å². The molecule has 0 aliphatic rings. The second-order valence-corrected chi connectivity index (χ2v) is 5.63. The minimum atomic E-state index is -0.865. The largest absolute Gasteiger partial charge is 0.481 e. The zero-order valence-corrected chi connectivity index (χ0v) is 12.4. The van der Waals surface area contributed by atoms with Crippen LogP contribution in [-0.4, -0.2) is 54.2 Å². The van der Waals surface area contributed by atoms with E-state index in [1.54, 1.807) is 23.7 Å². The number of nitrogens with zero attached hydrogens (tertiary/aromatic N) is 1. The van der Waals surface area contributed by atoms with Crippen LogP contribution in [0.15, 0.2) is 0 Å². The Labute approximate surface area is 113 Å². The molecule has 0 aromatic carbocycles. The van der Waals surface area contributed by atoms with Crippen molar-refractivity contribution >= 4 is 23.8 Å². The zero-order valence-electron chi connectivity index (χ0n) is 11.6. The molecule has 1 atom stereocenters. The average Bonchev–Trinajstić information content (AvgIpc) is 2.28. The first-order valence-corrected chi connectivity index (χ1v) is 7.50. The molecule has 0 fully saturated rings. The van der Waals surface area contributed by atoms with Crippen molar-refractivity contribution in [3.8, 4) is 0 Å². The monoisotopic (exact) mass is 276 g/mol. The van der Waals surface area contributed by atoms with Gasteiger partial charge in [-0.3, -0.25) is 4.79 Å². The Kier molecular flexibility index (Phi) is 8.62. The molecule has 0 aromatic heterocycles. The van der Waals surface area contributed by atoms with Crippen LogP contribution in [0.2, 0.25) is 0 Å². The molecule has 0 aliphatic carbocycles. The number of aliphatic carboxylic acids is 1. The van der Waals surface area contributed by atoms with Crippen LogP contribution in [-0.2, 0) is 4.79 Å². The van der Waals surface area contributed by atoms with Gasteiger partial charge in [-0.2, -0.15) is 11.8 Å². The van der Waals surface area contributed by atoms with Gasteiger partial charge in [0.1, 0.15) is 0 Å². The van der Waals surface area contributed by atoms with Crippen LogP contribution in [0.25, 0.3) is 0 Å². The molecule has 0 rings (SSSR count). The Balaban J connectivity index is 4.03. The summed E-state index contributed by atoms with van der Waals surface area (Å²) in [7, 11) is 1.72. The molecule has 18 heavy (non-hydrogen) atoms. The molecular weight excluding hydrogens is 252 g/mol. The van der Waals surface area contributed by atoms with Crippen molar-refractivity contribution < 1.29 is 14.7 Å². The number of nitrogens with one attached hydrogen (secondary N) is 1. The number of rotatable bonds is 8. The molecule has 0 saturated heterocycles. The normalized spacial score (nSPS) is 12.3. The number of hydrogen-bond donors (Lipinski definition) is 2. The average molecular weight is 276 g/mol. The SMILES string of the molecule is CSCCCN(C)C(=O)NCC(C(=O)O)C(C)C. The standard InChI is InChI=1S/C12H24N2O3S/c1-9(2)10(11(15)16)8-13-12(17)14(3)6-5-7-18-4/h9-10H,5-8H2,1-4H3,(H,13,17)(H,15,16). The Morgan fingerprint density at radius 3 is 2.44 bits per heavy atom. The number of carbonyl (C=O) groups is 2. The highest BCUT2D eigenvalue weighted by Gasteiger charge is 2.22. The molecule has 6 heteroatoms. The van der Waals surface area contributed by atoms with E-state index in [2.05, 4.69) is 5.32 Å². The summed E-state index contributed by atoms with van der Waals surface area (Å²) in [5, 5.41) is 11.7. The van der Waals surface area contributed by atoms with Crippen LogP contribution >= 0.6 is 11.8 Å². The van der Waals surface area contributed by atoms with Gasteiger partial charge in [0.2, 0.25) is 0 Å². The van der Waals surface area contributed by atoms with Crippen molar-refractivity contribution in [3.63, 3.8) is 0 Å². The summed E-state index contributed by atoms with van der Waals surface area (Å²) in [4.78, 5) is 24.3. The molecular formula is C12H24N2O3S. The van der Waals surface area contributed by atoms with Crippen LogP contribution in [0.1, 0.15) is 20.3 Å². The summed E-state index contributed by atoms with van der Waals surface area (Å²) in [6.45, 7) is 4.55. The summed E-state index contributed by atoms with van der Waals surface area (Å²) in [5.41, 5.74) is 0. The summed E-state index contributed by atoms with van der Waals surface area (Å²) < 4.78 is 0. The van der Waals surface area contributed by atoms with Crippen LogP contribution in [0.5, 0.6) is 0 Å². The third kappa shape index (κ3) is 6.74. The quantitative estimate of drug-likeness (QED) is 0.663. The maximum atomic E-state index is 11.7. The van der Waals surface area contributed by atoms with Crippen LogP contribution < -0.4 is 5.32 Å². The minimum absolute atomic E-state index is 0.00426. The molecule has 2 amide bonds. The van der Waals surface area contributed by atoms with Gasteiger partial charge in [0.25, 0.3) is 0 Å². The Morgan fingerprint density at radius 1 is 1.39 bits per heavy atom. The van der Waals surface area contributed by atoms with E-state index in [1.165, 1.54) is 0 Å². The topological polar surface area (TPSA) is 69.6 Å². The molecule has 0 spiro atoms. The number of thioether (sulfide) groups is 1. The zero-order chi connectivity index (χ0) is 14.1. The van der Waals surface area contributed by atoms with E-state index in [4.69, 9.17) is 5.11 Å². The van der Waals surface area contributed by atoms with Crippen molar-refractivity contribution in [3.05, 3.63) is 0 Å². The Morgan fingerprint density at radius 2 is 2.00 bits per heavy atom. The molecule has 0 saturated carbocycles. The third-order valence-corrected chi connectivity index (χ3v) is 3.48. The summed E-state index contributed by atoms with van der Waals surface area (Å²) in [6.07, 6.45) is 2.97. The van der Waals surface area contributed by atoms with Crippen molar-refractivity contribution in [2.75, 3.05) is 32.1 Å². The fraction of sp³-hybridized carbons (Fsp3) is 0.833. The van der Waals surface area contributed by atoms with Gasteiger partial charge >= 0.3 is 12.0 Å². The fourth-order valence-electron chi connectivity index (χ4n) is 1.49. The second kappa shape index (κ2) is 9.08. The molecule has 0 radical (unpaired) electrons. The highest BCUT2D eigenvalue weighted by atomic mass is 32.2. The van der Waals surface area contributed by atoms with Gasteiger partial charge in [-0.15, -0.1) is 0 Å². The van der Waals surface area contributed by atoms with E-state index < -0.39 is 11.9 Å². The van der Waals surface area contributed by atoms with E-state index in [0.717, 1.165) is 12.2 Å². The van der Waals surface area contributed by atoms with Crippen LogP contribution in [0, 0.1) is 11.8 Å². The predicted molar refractivity (Wildman–Crippen MR) is 75.0 cm³/mol. The van der Waals surface area contributed by atoms with E-state index >= 15 is 0 Å². The Hall–Kier alpha value is -0.910. The lowest BCUT2D eigenvalue weighted by molar-refractivity contribution is -0.142. The van der Waals surface area contributed by atoms with Gasteiger partial charge in [0.15, 0.2) is 0 Å². The number of carboxylic acids is 1. The van der Waals surface area contributed by atoms with Gasteiger partial charge in [-0.25, -0.2) is 4.79 Å². The molecule has 0 bridgehead atoms. The van der Waals surface area contributed by atoms with E-state index in [-0.39, 0.29) is 18.5 Å². The summed E-state index contributed by atoms with van der Waals surface area (Å²) in [5.74, 6) is -0.380. The molecule has 0 aliphatic heterocycles. The maximum Gasteiger partial charge on any atom is 0.317 e. The van der Waals surface area contributed by atoms with Gasteiger partial charge < -0.3 is 15.3 Å². The summed E-state index contributed by atoms with van der Waals surface area (Å²) >= 11 is 1.75. The number of amides is 2. The van der Waals surface area contributed by atoms with Crippen molar-refractivity contribution in [2.24, 2.45) is 11.8 Å². The first-order valence-electron chi connectivity index (χ1n) is 6.10. The lowest BCUT2D eigenvalue weighted by atomic mass is 9.96. The maximum absolute atomic E-state index is 11.7. The highest BCUT2D eigenvalue weighted by molar-refractivity contribution is 7.98. The van der Waals surface area contributed by atoms with Gasteiger partial charge in [-0.1, -0.05) is 13.8 Å². The second-order valence-electron chi connectivity index (χ2n) is 4.64. The van der Waals surface area contributed by atoms with Crippen LogP contribution in [0.4, 0.5) is 4.79 Å². The highest BCUT2D eigenvalue weighted by Crippen LogP contribution is 2.09. The van der Waals surface area contributed by atoms with E-state index in [1.807, 2.05) is 20.1 Å². The first-order chi connectivity index (χ1) is 8.40. The van der Waals surface area contributed by atoms with Crippen molar-refractivity contribution in [1.29, 1.82) is 0 Å². The number of urea groups is 1. The van der Waals surface area contributed by atoms with Gasteiger partial charge in [0.05, 0.1) is 5.92 Å². The molecule has 1 unspecified atom stereocenters. The number of carboxylic acid groups (broad SMARTS) is 1. The molecule has 5 nitrogen and oxygen atoms in total.